The summed E-state index contributed by atoms with van der Waals surface area (Å²) in [5.41, 5.74) is 6.49. The van der Waals surface area contributed by atoms with Crippen molar-refractivity contribution in [3.63, 3.8) is 0 Å². The van der Waals surface area contributed by atoms with Crippen molar-refractivity contribution in [2.24, 2.45) is 0 Å². The quantitative estimate of drug-likeness (QED) is 0.722. The van der Waals surface area contributed by atoms with E-state index < -0.39 is 5.82 Å². The van der Waals surface area contributed by atoms with Gasteiger partial charge >= 0.3 is 0 Å². The molecule has 0 atom stereocenters. The molecule has 0 aliphatic carbocycles. The molecule has 20 heavy (non-hydrogen) atoms. The van der Waals surface area contributed by atoms with Crippen LogP contribution >= 0.6 is 15.9 Å². The van der Waals surface area contributed by atoms with E-state index in [-0.39, 0.29) is 5.75 Å². The molecule has 0 spiro atoms. The minimum Gasteiger partial charge on any atom is -0.450 e. The molecule has 0 unspecified atom stereocenters. The third-order valence-corrected chi connectivity index (χ3v) is 3.17. The molecule has 3 rings (SSSR count). The molecule has 3 aromatic rings. The minimum absolute atomic E-state index is 0.0368. The van der Waals surface area contributed by atoms with Crippen molar-refractivity contribution in [1.82, 2.24) is 9.97 Å². The molecule has 4 nitrogen and oxygen atoms in total. The maximum Gasteiger partial charge on any atom is 0.189 e. The van der Waals surface area contributed by atoms with E-state index in [9.17, 15) is 4.39 Å². The zero-order chi connectivity index (χ0) is 14.1. The van der Waals surface area contributed by atoms with Gasteiger partial charge in [0.05, 0.1) is 6.20 Å². The van der Waals surface area contributed by atoms with E-state index in [1.807, 2.05) is 0 Å². The smallest absolute Gasteiger partial charge is 0.189 e. The first-order valence-corrected chi connectivity index (χ1v) is 6.55. The number of hydrogen-bond acceptors (Lipinski definition) is 4. The van der Waals surface area contributed by atoms with Gasteiger partial charge in [-0.2, -0.15) is 0 Å². The van der Waals surface area contributed by atoms with Crippen LogP contribution in [0.3, 0.4) is 0 Å². The maximum atomic E-state index is 14.1. The number of fused-ring (bicyclic) bond motifs is 1. The molecule has 0 aliphatic heterocycles. The third-order valence-electron chi connectivity index (χ3n) is 2.73. The number of anilines is 1. The second kappa shape index (κ2) is 5.05. The fraction of sp³-hybridized carbons (Fsp3) is 0. The number of rotatable bonds is 2. The van der Waals surface area contributed by atoms with Crippen LogP contribution in [0.5, 0.6) is 11.5 Å². The van der Waals surface area contributed by atoms with E-state index in [0.717, 1.165) is 4.47 Å². The van der Waals surface area contributed by atoms with Crippen LogP contribution in [0.25, 0.3) is 10.9 Å². The molecule has 0 bridgehead atoms. The van der Waals surface area contributed by atoms with E-state index in [4.69, 9.17) is 10.5 Å². The highest BCUT2D eigenvalue weighted by Crippen LogP contribution is 2.34. The number of nitrogens with two attached hydrogens (primary N) is 1. The summed E-state index contributed by atoms with van der Waals surface area (Å²) in [6.07, 6.45) is 4.67. The normalized spacial score (nSPS) is 10.7. The molecule has 2 N–H and O–H groups in total. The number of hydrogen-bond donors (Lipinski definition) is 1. The van der Waals surface area contributed by atoms with Crippen molar-refractivity contribution < 1.29 is 9.13 Å². The minimum atomic E-state index is -0.561. The van der Waals surface area contributed by atoms with Gasteiger partial charge in [-0.1, -0.05) is 0 Å². The summed E-state index contributed by atoms with van der Waals surface area (Å²) in [5, 5.41) is 0.645. The Hall–Kier alpha value is -2.21. The summed E-state index contributed by atoms with van der Waals surface area (Å²) in [5.74, 6) is -0.113. The molecule has 2 aromatic heterocycles. The summed E-state index contributed by atoms with van der Waals surface area (Å²) < 4.78 is 20.4. The average molecular weight is 334 g/mol. The predicted octanol–water partition coefficient (Wildman–Crippen LogP) is 3.91. The van der Waals surface area contributed by atoms with Crippen LogP contribution in [0.1, 0.15) is 0 Å². The topological polar surface area (TPSA) is 61.0 Å². The van der Waals surface area contributed by atoms with Gasteiger partial charge in [0.15, 0.2) is 11.6 Å². The van der Waals surface area contributed by atoms with Gasteiger partial charge in [0, 0.05) is 34.0 Å². The Balaban J connectivity index is 2.16. The number of benzene rings is 1. The van der Waals surface area contributed by atoms with Gasteiger partial charge in [0.1, 0.15) is 11.3 Å². The molecule has 0 saturated heterocycles. The van der Waals surface area contributed by atoms with Crippen molar-refractivity contribution in [3.05, 3.63) is 53.1 Å². The first kappa shape index (κ1) is 12.8. The summed E-state index contributed by atoms with van der Waals surface area (Å²) in [6, 6.07) is 6.42. The van der Waals surface area contributed by atoms with Crippen molar-refractivity contribution in [2.45, 2.75) is 0 Å². The molecule has 0 saturated carbocycles. The Morgan fingerprint density at radius 1 is 1.25 bits per heavy atom. The van der Waals surface area contributed by atoms with Crippen LogP contribution in [0.15, 0.2) is 47.3 Å². The van der Waals surface area contributed by atoms with Gasteiger partial charge in [0.2, 0.25) is 0 Å². The maximum absolute atomic E-state index is 14.1. The fourth-order valence-electron chi connectivity index (χ4n) is 1.88. The van der Waals surface area contributed by atoms with Gasteiger partial charge in [-0.15, -0.1) is 0 Å². The number of aromatic nitrogens is 2. The predicted molar refractivity (Wildman–Crippen MR) is 78.1 cm³/mol. The molecule has 0 fully saturated rings. The molecule has 100 valence electrons. The number of ether oxygens (including phenoxy) is 1. The van der Waals surface area contributed by atoms with Crippen LogP contribution < -0.4 is 10.5 Å². The van der Waals surface area contributed by atoms with Gasteiger partial charge in [0.25, 0.3) is 0 Å². The zero-order valence-electron chi connectivity index (χ0n) is 10.2. The van der Waals surface area contributed by atoms with Crippen LogP contribution in [0, 0.1) is 5.82 Å². The summed E-state index contributed by atoms with van der Waals surface area (Å²) in [6.45, 7) is 0. The number of nitrogens with zero attached hydrogens (tertiary/aromatic N) is 2. The van der Waals surface area contributed by atoms with Crippen LogP contribution in [-0.4, -0.2) is 9.97 Å². The Bertz CT molecular complexity index is 794. The first-order valence-electron chi connectivity index (χ1n) is 5.76. The summed E-state index contributed by atoms with van der Waals surface area (Å²) in [4.78, 5) is 8.11. The van der Waals surface area contributed by atoms with Crippen LogP contribution in [0.4, 0.5) is 10.1 Å². The molecule has 0 aliphatic rings. The highest BCUT2D eigenvalue weighted by Gasteiger charge is 2.14. The fourth-order valence-corrected chi connectivity index (χ4v) is 2.22. The molecule has 0 amide bonds. The molecule has 1 aromatic carbocycles. The van der Waals surface area contributed by atoms with Crippen molar-refractivity contribution in [3.8, 4) is 11.5 Å². The van der Waals surface area contributed by atoms with Gasteiger partial charge < -0.3 is 10.5 Å². The third kappa shape index (κ3) is 2.30. The van der Waals surface area contributed by atoms with Crippen molar-refractivity contribution in [1.29, 1.82) is 0 Å². The highest BCUT2D eigenvalue weighted by molar-refractivity contribution is 9.10. The zero-order valence-corrected chi connectivity index (χ0v) is 11.8. The molecule has 0 radical (unpaired) electrons. The Labute approximate surface area is 122 Å². The molecular formula is C14H9BrFN3O. The number of halogens is 2. The lowest BCUT2D eigenvalue weighted by Gasteiger charge is -2.10. The number of nitrogen functional groups attached to an aromatic ring is 1. The standard InChI is InChI=1S/C14H9BrFN3O/c15-8-4-9(7-18-6-8)20-14-11(16)5-12(17)10-2-1-3-19-13(10)14/h1-7H,17H2. The Morgan fingerprint density at radius 2 is 2.10 bits per heavy atom. The van der Waals surface area contributed by atoms with Gasteiger partial charge in [-0.05, 0) is 34.1 Å². The average Bonchev–Trinajstić information content (AvgIpc) is 2.43. The first-order chi connectivity index (χ1) is 9.65. The van der Waals surface area contributed by atoms with Gasteiger partial charge in [-0.25, -0.2) is 4.39 Å². The Kier molecular flexibility index (Phi) is 3.23. The lowest BCUT2D eigenvalue weighted by molar-refractivity contribution is 0.445. The van der Waals surface area contributed by atoms with Crippen molar-refractivity contribution in [2.75, 3.05) is 5.73 Å². The second-order valence-corrected chi connectivity index (χ2v) is 5.03. The summed E-state index contributed by atoms with van der Waals surface area (Å²) >= 11 is 3.28. The second-order valence-electron chi connectivity index (χ2n) is 4.12. The van der Waals surface area contributed by atoms with E-state index >= 15 is 0 Å². The van der Waals surface area contributed by atoms with Crippen LogP contribution in [-0.2, 0) is 0 Å². The van der Waals surface area contributed by atoms with E-state index in [2.05, 4.69) is 25.9 Å². The molecule has 2 heterocycles. The SMILES string of the molecule is Nc1cc(F)c(Oc2cncc(Br)c2)c2ncccc12. The van der Waals surface area contributed by atoms with E-state index in [1.54, 1.807) is 30.6 Å². The Morgan fingerprint density at radius 3 is 2.90 bits per heavy atom. The monoisotopic (exact) mass is 333 g/mol. The molecule has 6 heteroatoms. The van der Waals surface area contributed by atoms with E-state index in [1.165, 1.54) is 12.3 Å². The summed E-state index contributed by atoms with van der Waals surface area (Å²) in [7, 11) is 0. The van der Waals surface area contributed by atoms with E-state index in [0.29, 0.717) is 22.3 Å². The lowest BCUT2D eigenvalue weighted by atomic mass is 10.1. The molecular weight excluding hydrogens is 325 g/mol. The number of pyridine rings is 2. The lowest BCUT2D eigenvalue weighted by Crippen LogP contribution is -1.96. The largest absolute Gasteiger partial charge is 0.450 e. The van der Waals surface area contributed by atoms with Gasteiger partial charge in [-0.3, -0.25) is 9.97 Å². The highest BCUT2D eigenvalue weighted by atomic mass is 79.9. The van der Waals surface area contributed by atoms with Crippen LogP contribution in [0.2, 0.25) is 0 Å². The van der Waals surface area contributed by atoms with Crippen molar-refractivity contribution >= 4 is 32.5 Å².